The molecule has 0 aromatic heterocycles. The monoisotopic (exact) mass is 280 g/mol. The van der Waals surface area contributed by atoms with Crippen LogP contribution in [0.1, 0.15) is 53.4 Å². The predicted molar refractivity (Wildman–Crippen MR) is 78.2 cm³/mol. The Balaban J connectivity index is 1.81. The SMILES string of the molecule is CCC(C)C1NC(C(C)C)N(C2CC3CCC2O3)C1=O. The molecule has 4 nitrogen and oxygen atoms in total. The van der Waals surface area contributed by atoms with Crippen molar-refractivity contribution in [1.82, 2.24) is 10.2 Å². The molecule has 3 saturated heterocycles. The number of hydrogen-bond donors (Lipinski definition) is 1. The van der Waals surface area contributed by atoms with Crippen LogP contribution in [0, 0.1) is 11.8 Å². The first-order valence-corrected chi connectivity index (χ1v) is 8.26. The van der Waals surface area contributed by atoms with Gasteiger partial charge in [-0.1, -0.05) is 34.1 Å². The van der Waals surface area contributed by atoms with Crippen LogP contribution in [-0.2, 0) is 9.53 Å². The van der Waals surface area contributed by atoms with E-state index >= 15 is 0 Å². The summed E-state index contributed by atoms with van der Waals surface area (Å²) in [7, 11) is 0. The van der Waals surface area contributed by atoms with Crippen molar-refractivity contribution in [3.8, 4) is 0 Å². The van der Waals surface area contributed by atoms with Crippen molar-refractivity contribution in [3.63, 3.8) is 0 Å². The molecule has 0 spiro atoms. The fourth-order valence-electron chi connectivity index (χ4n) is 4.06. The zero-order valence-electron chi connectivity index (χ0n) is 13.1. The number of carbonyl (C=O) groups excluding carboxylic acids is 1. The minimum atomic E-state index is -0.00785. The van der Waals surface area contributed by atoms with Crippen LogP contribution in [0.25, 0.3) is 0 Å². The van der Waals surface area contributed by atoms with Gasteiger partial charge in [0.15, 0.2) is 0 Å². The maximum atomic E-state index is 12.9. The van der Waals surface area contributed by atoms with Crippen LogP contribution in [0.2, 0.25) is 0 Å². The molecule has 0 aliphatic carbocycles. The lowest BCUT2D eigenvalue weighted by Gasteiger charge is -2.35. The Hall–Kier alpha value is -0.610. The predicted octanol–water partition coefficient (Wildman–Crippen LogP) is 2.13. The topological polar surface area (TPSA) is 41.6 Å². The molecule has 0 radical (unpaired) electrons. The fraction of sp³-hybridized carbons (Fsp3) is 0.938. The second-order valence-corrected chi connectivity index (χ2v) is 7.14. The second-order valence-electron chi connectivity index (χ2n) is 7.14. The molecule has 4 heteroatoms. The van der Waals surface area contributed by atoms with Crippen LogP contribution in [0.15, 0.2) is 0 Å². The highest BCUT2D eigenvalue weighted by atomic mass is 16.5. The molecular formula is C16H28N2O2. The van der Waals surface area contributed by atoms with Gasteiger partial charge >= 0.3 is 0 Å². The zero-order valence-corrected chi connectivity index (χ0v) is 13.1. The molecule has 3 heterocycles. The standard InChI is InChI=1S/C16H28N2O2/c1-5-10(4)14-16(19)18(15(17-14)9(2)3)12-8-11-6-7-13(12)20-11/h9-15,17H,5-8H2,1-4H3. The number of fused-ring (bicyclic) bond motifs is 2. The molecule has 3 fully saturated rings. The maximum Gasteiger partial charge on any atom is 0.241 e. The van der Waals surface area contributed by atoms with Crippen molar-refractivity contribution < 1.29 is 9.53 Å². The molecule has 20 heavy (non-hydrogen) atoms. The van der Waals surface area contributed by atoms with Crippen molar-refractivity contribution in [3.05, 3.63) is 0 Å². The summed E-state index contributed by atoms with van der Waals surface area (Å²) in [5, 5.41) is 3.60. The zero-order chi connectivity index (χ0) is 14.4. The third-order valence-electron chi connectivity index (χ3n) is 5.45. The lowest BCUT2D eigenvalue weighted by atomic mass is 9.92. The molecular weight excluding hydrogens is 252 g/mol. The van der Waals surface area contributed by atoms with E-state index in [1.54, 1.807) is 0 Å². The van der Waals surface area contributed by atoms with Gasteiger partial charge in [-0.25, -0.2) is 0 Å². The van der Waals surface area contributed by atoms with Gasteiger partial charge in [0.05, 0.1) is 30.5 Å². The third-order valence-corrected chi connectivity index (χ3v) is 5.45. The first-order valence-electron chi connectivity index (χ1n) is 8.26. The number of hydrogen-bond acceptors (Lipinski definition) is 3. The van der Waals surface area contributed by atoms with E-state index in [9.17, 15) is 4.79 Å². The Morgan fingerprint density at radius 3 is 2.60 bits per heavy atom. The Kier molecular flexibility index (Phi) is 3.80. The molecule has 1 amide bonds. The maximum absolute atomic E-state index is 12.9. The van der Waals surface area contributed by atoms with Crippen molar-refractivity contribution in [2.75, 3.05) is 0 Å². The fourth-order valence-corrected chi connectivity index (χ4v) is 4.06. The highest BCUT2D eigenvalue weighted by Gasteiger charge is 2.52. The van der Waals surface area contributed by atoms with Crippen molar-refractivity contribution in [2.45, 2.75) is 83.8 Å². The normalized spacial score (nSPS) is 42.0. The van der Waals surface area contributed by atoms with E-state index in [1.807, 2.05) is 0 Å². The molecule has 6 unspecified atom stereocenters. The molecule has 0 saturated carbocycles. The van der Waals surface area contributed by atoms with Crippen molar-refractivity contribution in [1.29, 1.82) is 0 Å². The number of nitrogens with zero attached hydrogens (tertiary/aromatic N) is 1. The van der Waals surface area contributed by atoms with Crippen LogP contribution in [-0.4, -0.2) is 41.3 Å². The van der Waals surface area contributed by atoms with Gasteiger partial charge in [0.2, 0.25) is 5.91 Å². The van der Waals surface area contributed by atoms with E-state index in [2.05, 4.69) is 37.9 Å². The minimum absolute atomic E-state index is 0.00785. The first kappa shape index (κ1) is 14.3. The van der Waals surface area contributed by atoms with Crippen LogP contribution >= 0.6 is 0 Å². The summed E-state index contributed by atoms with van der Waals surface area (Å²) in [6.45, 7) is 8.73. The van der Waals surface area contributed by atoms with Gasteiger partial charge in [0, 0.05) is 0 Å². The van der Waals surface area contributed by atoms with E-state index in [-0.39, 0.29) is 18.3 Å². The molecule has 0 aromatic carbocycles. The van der Waals surface area contributed by atoms with Gasteiger partial charge in [-0.3, -0.25) is 10.1 Å². The van der Waals surface area contributed by atoms with E-state index in [1.165, 1.54) is 6.42 Å². The van der Waals surface area contributed by atoms with E-state index in [0.29, 0.717) is 29.9 Å². The van der Waals surface area contributed by atoms with Crippen LogP contribution in [0.5, 0.6) is 0 Å². The second kappa shape index (κ2) is 5.30. The van der Waals surface area contributed by atoms with Crippen molar-refractivity contribution >= 4 is 5.91 Å². The van der Waals surface area contributed by atoms with Gasteiger partial charge in [0.1, 0.15) is 0 Å². The summed E-state index contributed by atoms with van der Waals surface area (Å²) in [4.78, 5) is 15.0. The van der Waals surface area contributed by atoms with Gasteiger partial charge in [-0.15, -0.1) is 0 Å². The van der Waals surface area contributed by atoms with E-state index in [4.69, 9.17) is 4.74 Å². The average Bonchev–Trinajstić information content (AvgIpc) is 3.10. The largest absolute Gasteiger partial charge is 0.373 e. The van der Waals surface area contributed by atoms with Crippen molar-refractivity contribution in [2.24, 2.45) is 11.8 Å². The van der Waals surface area contributed by atoms with Crippen LogP contribution in [0.4, 0.5) is 0 Å². The Labute approximate surface area is 122 Å². The number of amides is 1. The van der Waals surface area contributed by atoms with Crippen LogP contribution < -0.4 is 5.32 Å². The Morgan fingerprint density at radius 2 is 2.10 bits per heavy atom. The van der Waals surface area contributed by atoms with Crippen LogP contribution in [0.3, 0.4) is 0 Å². The summed E-state index contributed by atoms with van der Waals surface area (Å²) in [6, 6.07) is 0.293. The summed E-state index contributed by atoms with van der Waals surface area (Å²) in [5.74, 6) is 1.14. The highest BCUT2D eigenvalue weighted by molar-refractivity contribution is 5.85. The molecule has 114 valence electrons. The number of carbonyl (C=O) groups is 1. The third kappa shape index (κ3) is 2.17. The summed E-state index contributed by atoms with van der Waals surface area (Å²) in [5.41, 5.74) is 0. The Bertz CT molecular complexity index is 385. The quantitative estimate of drug-likeness (QED) is 0.858. The first-order chi connectivity index (χ1) is 9.52. The number of rotatable bonds is 4. The lowest BCUT2D eigenvalue weighted by Crippen LogP contribution is -2.51. The molecule has 3 rings (SSSR count). The van der Waals surface area contributed by atoms with E-state index < -0.39 is 0 Å². The molecule has 0 aromatic rings. The van der Waals surface area contributed by atoms with Gasteiger partial charge < -0.3 is 9.64 Å². The molecule has 3 aliphatic heterocycles. The average molecular weight is 280 g/mol. The van der Waals surface area contributed by atoms with E-state index in [0.717, 1.165) is 19.3 Å². The summed E-state index contributed by atoms with van der Waals surface area (Å²) in [6.07, 6.45) is 5.23. The van der Waals surface area contributed by atoms with Gasteiger partial charge in [0.25, 0.3) is 0 Å². The highest BCUT2D eigenvalue weighted by Crippen LogP contribution is 2.40. The Morgan fingerprint density at radius 1 is 1.35 bits per heavy atom. The van der Waals surface area contributed by atoms with Gasteiger partial charge in [-0.05, 0) is 31.1 Å². The summed E-state index contributed by atoms with van der Waals surface area (Å²) < 4.78 is 5.97. The molecule has 6 atom stereocenters. The number of ether oxygens (including phenoxy) is 1. The summed E-state index contributed by atoms with van der Waals surface area (Å²) >= 11 is 0. The van der Waals surface area contributed by atoms with Gasteiger partial charge in [-0.2, -0.15) is 0 Å². The molecule has 2 bridgehead atoms. The smallest absolute Gasteiger partial charge is 0.241 e. The molecule has 3 aliphatic rings. The number of nitrogens with one attached hydrogen (secondary N) is 1. The minimum Gasteiger partial charge on any atom is -0.373 e. The lowest BCUT2D eigenvalue weighted by molar-refractivity contribution is -0.134. The molecule has 1 N–H and O–H groups in total.